The third-order valence-electron chi connectivity index (χ3n) is 4.92. The number of para-hydroxylation sites is 1. The average Bonchev–Trinajstić information content (AvgIpc) is 2.68. The van der Waals surface area contributed by atoms with Crippen molar-refractivity contribution in [2.45, 2.75) is 19.8 Å². The Bertz CT molecular complexity index is 802. The van der Waals surface area contributed by atoms with Gasteiger partial charge in [0.2, 0.25) is 0 Å². The number of halogens is 1. The van der Waals surface area contributed by atoms with E-state index in [4.69, 9.17) is 5.73 Å². The van der Waals surface area contributed by atoms with Crippen LogP contribution in [0.5, 0.6) is 0 Å². The van der Waals surface area contributed by atoms with E-state index in [2.05, 4.69) is 5.32 Å². The molecule has 6 heteroatoms. The van der Waals surface area contributed by atoms with Crippen molar-refractivity contribution in [2.75, 3.05) is 25.0 Å². The first-order chi connectivity index (χ1) is 12.6. The zero-order chi connectivity index (χ0) is 18.5. The van der Waals surface area contributed by atoms with E-state index in [0.29, 0.717) is 42.4 Å². The highest BCUT2D eigenvalue weighted by Gasteiger charge is 2.24. The molecule has 3 N–H and O–H groups in total. The van der Waals surface area contributed by atoms with Crippen LogP contribution in [0, 0.1) is 12.8 Å². The summed E-state index contributed by atoms with van der Waals surface area (Å²) in [4.78, 5) is 27.3. The molecule has 0 spiro atoms. The van der Waals surface area contributed by atoms with E-state index in [9.17, 15) is 9.59 Å². The first-order valence-corrected chi connectivity index (χ1v) is 9.05. The van der Waals surface area contributed by atoms with Crippen molar-refractivity contribution in [2.24, 2.45) is 11.7 Å². The molecule has 3 rings (SSSR count). The number of nitrogens with zero attached hydrogens (tertiary/aromatic N) is 1. The summed E-state index contributed by atoms with van der Waals surface area (Å²) in [5.41, 5.74) is 8.40. The van der Waals surface area contributed by atoms with Crippen LogP contribution in [0.15, 0.2) is 48.5 Å². The lowest BCUT2D eigenvalue weighted by Gasteiger charge is -2.31. The third kappa shape index (κ3) is 5.08. The number of benzene rings is 2. The van der Waals surface area contributed by atoms with Gasteiger partial charge in [-0.2, -0.15) is 0 Å². The number of anilines is 1. The van der Waals surface area contributed by atoms with E-state index in [0.717, 1.165) is 18.4 Å². The van der Waals surface area contributed by atoms with Gasteiger partial charge in [0, 0.05) is 18.7 Å². The van der Waals surface area contributed by atoms with Crippen LogP contribution in [-0.2, 0) is 0 Å². The number of amides is 2. The molecule has 1 heterocycles. The van der Waals surface area contributed by atoms with Crippen LogP contribution in [0.25, 0.3) is 0 Å². The van der Waals surface area contributed by atoms with Crippen LogP contribution >= 0.6 is 12.4 Å². The fourth-order valence-electron chi connectivity index (χ4n) is 3.30. The lowest BCUT2D eigenvalue weighted by molar-refractivity contribution is 0.0694. The van der Waals surface area contributed by atoms with Crippen LogP contribution in [-0.4, -0.2) is 36.3 Å². The number of likely N-dealkylation sites (tertiary alicyclic amines) is 1. The summed E-state index contributed by atoms with van der Waals surface area (Å²) in [5.74, 6) is 0.242. The molecule has 1 aliphatic rings. The molecule has 0 atom stereocenters. The van der Waals surface area contributed by atoms with Gasteiger partial charge in [0.1, 0.15) is 0 Å². The molecule has 2 aromatic rings. The molecule has 0 saturated carbocycles. The summed E-state index contributed by atoms with van der Waals surface area (Å²) < 4.78 is 0. The Balaban J connectivity index is 0.00000261. The normalized spacial score (nSPS) is 14.4. The van der Waals surface area contributed by atoms with Gasteiger partial charge >= 0.3 is 0 Å². The number of aryl methyl sites for hydroxylation is 1. The van der Waals surface area contributed by atoms with Crippen LogP contribution in [0.1, 0.15) is 39.1 Å². The second-order valence-corrected chi connectivity index (χ2v) is 6.84. The molecule has 5 nitrogen and oxygen atoms in total. The van der Waals surface area contributed by atoms with Crippen molar-refractivity contribution in [3.63, 3.8) is 0 Å². The second kappa shape index (κ2) is 9.53. The number of nitrogens with one attached hydrogen (secondary N) is 1. The van der Waals surface area contributed by atoms with Gasteiger partial charge in [-0.15, -0.1) is 12.4 Å². The van der Waals surface area contributed by atoms with E-state index in [1.54, 1.807) is 18.2 Å². The van der Waals surface area contributed by atoms with E-state index in [-0.39, 0.29) is 24.2 Å². The fraction of sp³-hybridized carbons (Fsp3) is 0.333. The van der Waals surface area contributed by atoms with Gasteiger partial charge in [0.25, 0.3) is 11.8 Å². The fourth-order valence-corrected chi connectivity index (χ4v) is 3.30. The smallest absolute Gasteiger partial charge is 0.255 e. The lowest BCUT2D eigenvalue weighted by atomic mass is 9.96. The molecule has 0 bridgehead atoms. The largest absolute Gasteiger partial charge is 0.339 e. The van der Waals surface area contributed by atoms with Crippen LogP contribution in [0.2, 0.25) is 0 Å². The third-order valence-corrected chi connectivity index (χ3v) is 4.92. The number of nitrogens with two attached hydrogens (primary N) is 1. The molecule has 0 aliphatic carbocycles. The van der Waals surface area contributed by atoms with Crippen molar-refractivity contribution >= 4 is 29.9 Å². The van der Waals surface area contributed by atoms with Gasteiger partial charge in [0.05, 0.1) is 11.3 Å². The zero-order valence-electron chi connectivity index (χ0n) is 15.5. The summed E-state index contributed by atoms with van der Waals surface area (Å²) >= 11 is 0. The minimum atomic E-state index is -0.212. The van der Waals surface area contributed by atoms with E-state index < -0.39 is 0 Å². The summed E-state index contributed by atoms with van der Waals surface area (Å²) in [6, 6.07) is 14.6. The topological polar surface area (TPSA) is 75.4 Å². The maximum atomic E-state index is 12.9. The van der Waals surface area contributed by atoms with E-state index in [1.807, 2.05) is 42.2 Å². The summed E-state index contributed by atoms with van der Waals surface area (Å²) in [6.07, 6.45) is 1.86. The van der Waals surface area contributed by atoms with Gasteiger partial charge in [-0.3, -0.25) is 9.59 Å². The van der Waals surface area contributed by atoms with Gasteiger partial charge in [-0.05, 0) is 56.5 Å². The van der Waals surface area contributed by atoms with Crippen molar-refractivity contribution in [1.82, 2.24) is 4.90 Å². The molecular formula is C21H26ClN3O2. The zero-order valence-corrected chi connectivity index (χ0v) is 16.3. The highest BCUT2D eigenvalue weighted by Crippen LogP contribution is 2.22. The maximum absolute atomic E-state index is 12.9. The first-order valence-electron chi connectivity index (χ1n) is 9.05. The molecule has 1 fully saturated rings. The first kappa shape index (κ1) is 20.9. The predicted molar refractivity (Wildman–Crippen MR) is 111 cm³/mol. The molecule has 2 amide bonds. The number of rotatable bonds is 4. The minimum Gasteiger partial charge on any atom is -0.339 e. The van der Waals surface area contributed by atoms with Crippen molar-refractivity contribution in [3.8, 4) is 0 Å². The number of hydrogen-bond acceptors (Lipinski definition) is 3. The minimum absolute atomic E-state index is 0. The average molecular weight is 388 g/mol. The Morgan fingerprint density at radius 1 is 1.11 bits per heavy atom. The van der Waals surface area contributed by atoms with Gasteiger partial charge in [0.15, 0.2) is 0 Å². The Kier molecular flexibility index (Phi) is 7.39. The van der Waals surface area contributed by atoms with Crippen molar-refractivity contribution < 1.29 is 9.59 Å². The molecule has 144 valence electrons. The van der Waals surface area contributed by atoms with Crippen LogP contribution < -0.4 is 11.1 Å². The van der Waals surface area contributed by atoms with Crippen molar-refractivity contribution in [3.05, 3.63) is 65.2 Å². The standard InChI is InChI=1S/C21H25N3O2.ClH/c1-15-5-4-6-17(13-15)20(25)23-19-8-3-2-7-18(19)21(26)24-11-9-16(14-22)10-12-24;/h2-8,13,16H,9-12,14,22H2,1H3,(H,23,25);1H. The summed E-state index contributed by atoms with van der Waals surface area (Å²) in [5, 5.41) is 2.89. The number of hydrogen-bond donors (Lipinski definition) is 2. The summed E-state index contributed by atoms with van der Waals surface area (Å²) in [6.45, 7) is 4.03. The van der Waals surface area contributed by atoms with Crippen LogP contribution in [0.4, 0.5) is 5.69 Å². The number of piperidine rings is 1. The highest BCUT2D eigenvalue weighted by atomic mass is 35.5. The van der Waals surface area contributed by atoms with Crippen LogP contribution in [0.3, 0.4) is 0 Å². The Morgan fingerprint density at radius 2 is 1.81 bits per heavy atom. The second-order valence-electron chi connectivity index (χ2n) is 6.84. The molecule has 27 heavy (non-hydrogen) atoms. The SMILES string of the molecule is Cc1cccc(C(=O)Nc2ccccc2C(=O)N2CCC(CN)CC2)c1.Cl. The molecule has 1 aliphatic heterocycles. The highest BCUT2D eigenvalue weighted by molar-refractivity contribution is 6.09. The molecule has 0 radical (unpaired) electrons. The van der Waals surface area contributed by atoms with Gasteiger partial charge in [-0.25, -0.2) is 0 Å². The quantitative estimate of drug-likeness (QED) is 0.843. The molecular weight excluding hydrogens is 362 g/mol. The van der Waals surface area contributed by atoms with Gasteiger partial charge < -0.3 is 16.0 Å². The number of carbonyl (C=O) groups is 2. The number of carbonyl (C=O) groups excluding carboxylic acids is 2. The summed E-state index contributed by atoms with van der Waals surface area (Å²) in [7, 11) is 0. The van der Waals surface area contributed by atoms with E-state index >= 15 is 0 Å². The Labute approximate surface area is 166 Å². The van der Waals surface area contributed by atoms with E-state index in [1.165, 1.54) is 0 Å². The molecule has 0 aromatic heterocycles. The van der Waals surface area contributed by atoms with Crippen molar-refractivity contribution in [1.29, 1.82) is 0 Å². The lowest BCUT2D eigenvalue weighted by Crippen LogP contribution is -2.40. The predicted octanol–water partition coefficient (Wildman–Crippen LogP) is 3.48. The Hall–Kier alpha value is -2.37. The Morgan fingerprint density at radius 3 is 2.48 bits per heavy atom. The molecule has 0 unspecified atom stereocenters. The maximum Gasteiger partial charge on any atom is 0.255 e. The monoisotopic (exact) mass is 387 g/mol. The molecule has 1 saturated heterocycles. The molecule has 2 aromatic carbocycles. The van der Waals surface area contributed by atoms with Gasteiger partial charge in [-0.1, -0.05) is 29.8 Å².